The number of piperazine rings is 1. The van der Waals surface area contributed by atoms with E-state index in [0.717, 1.165) is 32.7 Å². The van der Waals surface area contributed by atoms with Crippen molar-refractivity contribution in [2.45, 2.75) is 13.0 Å². The van der Waals surface area contributed by atoms with Crippen LogP contribution in [0.15, 0.2) is 0 Å². The smallest absolute Gasteiger partial charge is 0.320 e. The van der Waals surface area contributed by atoms with Crippen LogP contribution < -0.4 is 5.32 Å². The summed E-state index contributed by atoms with van der Waals surface area (Å²) < 4.78 is 5.32. The number of hydrogen-bond acceptors (Lipinski definition) is 3. The third-order valence-electron chi connectivity index (χ3n) is 3.00. The Morgan fingerprint density at radius 1 is 1.33 bits per heavy atom. The molecule has 2 rings (SSSR count). The molecule has 86 valence electrons. The van der Waals surface area contributed by atoms with E-state index < -0.39 is 0 Å². The number of rotatable bonds is 0. The van der Waals surface area contributed by atoms with E-state index in [1.807, 2.05) is 16.7 Å². The minimum atomic E-state index is 0.173. The van der Waals surface area contributed by atoms with Crippen LogP contribution >= 0.6 is 0 Å². The van der Waals surface area contributed by atoms with Crippen LogP contribution in [-0.2, 0) is 4.74 Å². The summed E-state index contributed by atoms with van der Waals surface area (Å²) in [4.78, 5) is 16.0. The summed E-state index contributed by atoms with van der Waals surface area (Å²) in [6.45, 7) is 7.56. The van der Waals surface area contributed by atoms with Crippen molar-refractivity contribution >= 4 is 6.03 Å². The number of urea groups is 1. The predicted octanol–water partition coefficient (Wildman–Crippen LogP) is -0.268. The van der Waals surface area contributed by atoms with Crippen molar-refractivity contribution in [1.82, 2.24) is 15.1 Å². The summed E-state index contributed by atoms with van der Waals surface area (Å²) >= 11 is 0. The van der Waals surface area contributed by atoms with Gasteiger partial charge in [-0.25, -0.2) is 4.79 Å². The van der Waals surface area contributed by atoms with E-state index in [2.05, 4.69) is 5.32 Å². The van der Waals surface area contributed by atoms with Gasteiger partial charge in [0.15, 0.2) is 0 Å². The molecule has 2 amide bonds. The zero-order chi connectivity index (χ0) is 10.7. The molecule has 0 spiro atoms. The standard InChI is InChI=1S/C10H19N3O2/c1-9-8-15-7-6-13(9)10(14)12-4-2-11-3-5-12/h9,11H,2-8H2,1H3. The Bertz CT molecular complexity index is 229. The molecule has 5 nitrogen and oxygen atoms in total. The summed E-state index contributed by atoms with van der Waals surface area (Å²) in [7, 11) is 0. The fourth-order valence-corrected chi connectivity index (χ4v) is 2.05. The highest BCUT2D eigenvalue weighted by atomic mass is 16.5. The maximum Gasteiger partial charge on any atom is 0.320 e. The lowest BCUT2D eigenvalue weighted by molar-refractivity contribution is 0.00957. The van der Waals surface area contributed by atoms with E-state index in [-0.39, 0.29) is 12.1 Å². The number of amides is 2. The number of carbonyl (C=O) groups is 1. The Morgan fingerprint density at radius 3 is 2.73 bits per heavy atom. The maximum atomic E-state index is 12.1. The number of hydrogen-bond donors (Lipinski definition) is 1. The molecule has 0 aliphatic carbocycles. The van der Waals surface area contributed by atoms with E-state index in [9.17, 15) is 4.79 Å². The molecule has 15 heavy (non-hydrogen) atoms. The first kappa shape index (κ1) is 10.7. The van der Waals surface area contributed by atoms with Crippen molar-refractivity contribution in [2.24, 2.45) is 0 Å². The lowest BCUT2D eigenvalue weighted by Gasteiger charge is -2.38. The number of nitrogens with zero attached hydrogens (tertiary/aromatic N) is 2. The lowest BCUT2D eigenvalue weighted by Crippen LogP contribution is -2.56. The second-order valence-corrected chi connectivity index (χ2v) is 4.14. The molecule has 2 heterocycles. The Hall–Kier alpha value is -0.810. The normalized spacial score (nSPS) is 27.9. The molecule has 2 saturated heterocycles. The molecule has 1 atom stereocenters. The average molecular weight is 213 g/mol. The van der Waals surface area contributed by atoms with Gasteiger partial charge in [0, 0.05) is 32.7 Å². The van der Waals surface area contributed by atoms with Gasteiger partial charge in [0.2, 0.25) is 0 Å². The second kappa shape index (κ2) is 4.81. The lowest BCUT2D eigenvalue weighted by atomic mass is 10.2. The second-order valence-electron chi connectivity index (χ2n) is 4.14. The van der Waals surface area contributed by atoms with E-state index in [1.54, 1.807) is 0 Å². The van der Waals surface area contributed by atoms with Crippen molar-refractivity contribution in [3.8, 4) is 0 Å². The van der Waals surface area contributed by atoms with Gasteiger partial charge in [0.05, 0.1) is 19.3 Å². The molecule has 0 aromatic carbocycles. The molecule has 1 N–H and O–H groups in total. The van der Waals surface area contributed by atoms with Crippen molar-refractivity contribution in [2.75, 3.05) is 45.9 Å². The first-order valence-electron chi connectivity index (χ1n) is 5.63. The number of carbonyl (C=O) groups excluding carboxylic acids is 1. The molecular weight excluding hydrogens is 194 g/mol. The minimum Gasteiger partial charge on any atom is -0.377 e. The van der Waals surface area contributed by atoms with Crippen LogP contribution in [0, 0.1) is 0 Å². The van der Waals surface area contributed by atoms with Crippen LogP contribution in [-0.4, -0.2) is 67.8 Å². The Kier molecular flexibility index (Phi) is 3.43. The molecule has 0 aromatic rings. The molecule has 1 unspecified atom stereocenters. The van der Waals surface area contributed by atoms with Gasteiger partial charge in [-0.1, -0.05) is 0 Å². The summed E-state index contributed by atoms with van der Waals surface area (Å²) in [5, 5.41) is 3.25. The zero-order valence-corrected chi connectivity index (χ0v) is 9.24. The van der Waals surface area contributed by atoms with Gasteiger partial charge < -0.3 is 19.9 Å². The molecular formula is C10H19N3O2. The van der Waals surface area contributed by atoms with Gasteiger partial charge in [-0.2, -0.15) is 0 Å². The van der Waals surface area contributed by atoms with Crippen LogP contribution in [0.2, 0.25) is 0 Å². The van der Waals surface area contributed by atoms with Gasteiger partial charge >= 0.3 is 6.03 Å². The van der Waals surface area contributed by atoms with Crippen molar-refractivity contribution < 1.29 is 9.53 Å². The minimum absolute atomic E-state index is 0.173. The molecule has 0 saturated carbocycles. The summed E-state index contributed by atoms with van der Waals surface area (Å²) in [5.41, 5.74) is 0. The first-order chi connectivity index (χ1) is 7.29. The molecule has 2 aliphatic heterocycles. The van der Waals surface area contributed by atoms with Crippen molar-refractivity contribution in [3.63, 3.8) is 0 Å². The Morgan fingerprint density at radius 2 is 2.07 bits per heavy atom. The van der Waals surface area contributed by atoms with E-state index in [4.69, 9.17) is 4.74 Å². The first-order valence-corrected chi connectivity index (χ1v) is 5.63. The maximum absolute atomic E-state index is 12.1. The summed E-state index contributed by atoms with van der Waals surface area (Å²) in [6.07, 6.45) is 0. The predicted molar refractivity (Wildman–Crippen MR) is 56.8 cm³/mol. The number of morpholine rings is 1. The highest BCUT2D eigenvalue weighted by Gasteiger charge is 2.28. The third-order valence-corrected chi connectivity index (χ3v) is 3.00. The summed E-state index contributed by atoms with van der Waals surface area (Å²) in [5.74, 6) is 0. The topological polar surface area (TPSA) is 44.8 Å². The number of ether oxygens (including phenoxy) is 1. The molecule has 2 aliphatic rings. The van der Waals surface area contributed by atoms with Crippen LogP contribution in [0.25, 0.3) is 0 Å². The van der Waals surface area contributed by atoms with Gasteiger partial charge in [-0.15, -0.1) is 0 Å². The average Bonchev–Trinajstić information content (AvgIpc) is 2.30. The third kappa shape index (κ3) is 2.41. The van der Waals surface area contributed by atoms with Crippen LogP contribution in [0.1, 0.15) is 6.92 Å². The molecule has 0 aromatic heterocycles. The quantitative estimate of drug-likeness (QED) is 0.602. The van der Waals surface area contributed by atoms with Gasteiger partial charge in [-0.3, -0.25) is 0 Å². The highest BCUT2D eigenvalue weighted by molar-refractivity contribution is 5.75. The summed E-state index contributed by atoms with van der Waals surface area (Å²) in [6, 6.07) is 0.383. The van der Waals surface area contributed by atoms with E-state index in [0.29, 0.717) is 13.2 Å². The largest absolute Gasteiger partial charge is 0.377 e. The van der Waals surface area contributed by atoms with E-state index in [1.165, 1.54) is 0 Å². The van der Waals surface area contributed by atoms with Crippen LogP contribution in [0.3, 0.4) is 0 Å². The van der Waals surface area contributed by atoms with Crippen LogP contribution in [0.4, 0.5) is 4.79 Å². The SMILES string of the molecule is CC1COCCN1C(=O)N1CCNCC1. The number of nitrogens with one attached hydrogen (secondary N) is 1. The van der Waals surface area contributed by atoms with Gasteiger partial charge in [0.1, 0.15) is 0 Å². The fraction of sp³-hybridized carbons (Fsp3) is 0.900. The zero-order valence-electron chi connectivity index (χ0n) is 9.24. The van der Waals surface area contributed by atoms with Crippen molar-refractivity contribution in [3.05, 3.63) is 0 Å². The van der Waals surface area contributed by atoms with Gasteiger partial charge in [-0.05, 0) is 6.92 Å². The van der Waals surface area contributed by atoms with Crippen molar-refractivity contribution in [1.29, 1.82) is 0 Å². The fourth-order valence-electron chi connectivity index (χ4n) is 2.05. The highest BCUT2D eigenvalue weighted by Crippen LogP contribution is 2.10. The molecule has 5 heteroatoms. The molecule has 0 bridgehead atoms. The molecule has 0 radical (unpaired) electrons. The van der Waals surface area contributed by atoms with Crippen LogP contribution in [0.5, 0.6) is 0 Å². The van der Waals surface area contributed by atoms with Gasteiger partial charge in [0.25, 0.3) is 0 Å². The Labute approximate surface area is 90.4 Å². The Balaban J connectivity index is 1.92. The van der Waals surface area contributed by atoms with E-state index >= 15 is 0 Å². The monoisotopic (exact) mass is 213 g/mol. The molecule has 2 fully saturated rings.